The number of fused-ring (bicyclic) bond motifs is 3. The predicted octanol–water partition coefficient (Wildman–Crippen LogP) is 3.00. The first kappa shape index (κ1) is 17.8. The van der Waals surface area contributed by atoms with Gasteiger partial charge in [-0.2, -0.15) is 4.52 Å². The number of tetrazole rings is 1. The molecule has 0 aliphatic carbocycles. The number of benzene rings is 1. The molecular weight excluding hydrogens is 370 g/mol. The molecule has 1 saturated heterocycles. The summed E-state index contributed by atoms with van der Waals surface area (Å²) in [5.74, 6) is 0.149. The molecule has 4 aromatic rings. The van der Waals surface area contributed by atoms with Crippen LogP contribution in [0.3, 0.4) is 0 Å². The molecule has 29 heavy (non-hydrogen) atoms. The van der Waals surface area contributed by atoms with Crippen molar-refractivity contribution in [3.63, 3.8) is 0 Å². The van der Waals surface area contributed by atoms with Gasteiger partial charge in [0, 0.05) is 30.6 Å². The number of hydrogen-bond donors (Lipinski definition) is 0. The minimum atomic E-state index is -0.166. The molecule has 8 heteroatoms. The SMILES string of the molecule is Cc1cccc2cc(CN(C[C@@H]3CCCO3)C(=O)c3ccco3)c3nnnn3c12. The lowest BCUT2D eigenvalue weighted by Gasteiger charge is -2.25. The van der Waals surface area contributed by atoms with Crippen LogP contribution in [0.4, 0.5) is 0 Å². The number of ether oxygens (including phenoxy) is 1. The summed E-state index contributed by atoms with van der Waals surface area (Å²) in [5.41, 5.74) is 3.59. The van der Waals surface area contributed by atoms with Gasteiger partial charge in [-0.05, 0) is 54.0 Å². The van der Waals surface area contributed by atoms with Crippen molar-refractivity contribution in [2.24, 2.45) is 0 Å². The van der Waals surface area contributed by atoms with E-state index < -0.39 is 0 Å². The molecule has 1 amide bonds. The Kier molecular flexibility index (Phi) is 4.48. The van der Waals surface area contributed by atoms with Crippen molar-refractivity contribution in [2.75, 3.05) is 13.2 Å². The van der Waals surface area contributed by atoms with E-state index in [0.29, 0.717) is 24.5 Å². The molecule has 1 aliphatic heterocycles. The van der Waals surface area contributed by atoms with Crippen LogP contribution >= 0.6 is 0 Å². The third kappa shape index (κ3) is 3.25. The van der Waals surface area contributed by atoms with Crippen LogP contribution in [0.15, 0.2) is 47.1 Å². The fourth-order valence-corrected chi connectivity index (χ4v) is 4.01. The summed E-state index contributed by atoms with van der Waals surface area (Å²) in [7, 11) is 0. The monoisotopic (exact) mass is 391 g/mol. The molecule has 1 atom stereocenters. The molecule has 0 radical (unpaired) electrons. The Hall–Kier alpha value is -3.26. The number of pyridine rings is 1. The number of nitrogens with zero attached hydrogens (tertiary/aromatic N) is 5. The molecule has 1 aromatic carbocycles. The lowest BCUT2D eigenvalue weighted by atomic mass is 10.1. The molecule has 3 aromatic heterocycles. The summed E-state index contributed by atoms with van der Waals surface area (Å²) in [4.78, 5) is 14.9. The summed E-state index contributed by atoms with van der Waals surface area (Å²) in [6.07, 6.45) is 3.50. The van der Waals surface area contributed by atoms with Crippen LogP contribution in [-0.4, -0.2) is 50.1 Å². The lowest BCUT2D eigenvalue weighted by Crippen LogP contribution is -2.37. The number of amides is 1. The van der Waals surface area contributed by atoms with E-state index in [1.165, 1.54) is 6.26 Å². The summed E-state index contributed by atoms with van der Waals surface area (Å²) in [6, 6.07) is 11.5. The standard InChI is InChI=1S/C21H21N5O3/c1-14-5-2-6-15-11-16(20-22-23-24-26(20)19(14)15)12-25(13-17-7-3-9-28-17)21(27)18-8-4-10-29-18/h2,4-6,8,10-11,17H,3,7,9,12-13H2,1H3/t17-/m0/s1. The van der Waals surface area contributed by atoms with Crippen LogP contribution in [0.2, 0.25) is 0 Å². The summed E-state index contributed by atoms with van der Waals surface area (Å²) in [6.45, 7) is 3.64. The fourth-order valence-electron chi connectivity index (χ4n) is 4.01. The van der Waals surface area contributed by atoms with E-state index in [0.717, 1.165) is 41.5 Å². The number of hydrogen-bond acceptors (Lipinski definition) is 6. The summed E-state index contributed by atoms with van der Waals surface area (Å²) in [5, 5.41) is 13.3. The second kappa shape index (κ2) is 7.29. The largest absolute Gasteiger partial charge is 0.459 e. The Labute approximate surface area is 167 Å². The Morgan fingerprint density at radius 2 is 2.24 bits per heavy atom. The van der Waals surface area contributed by atoms with E-state index in [1.807, 2.05) is 25.1 Å². The lowest BCUT2D eigenvalue weighted by molar-refractivity contribution is 0.0484. The third-order valence-electron chi connectivity index (χ3n) is 5.40. The maximum absolute atomic E-state index is 13.1. The molecule has 1 aliphatic rings. The second-order valence-electron chi connectivity index (χ2n) is 7.39. The number of carbonyl (C=O) groups excluding carboxylic acids is 1. The van der Waals surface area contributed by atoms with Crippen LogP contribution in [0.5, 0.6) is 0 Å². The molecule has 0 bridgehead atoms. The molecule has 0 unspecified atom stereocenters. The average Bonchev–Trinajstić information content (AvgIpc) is 3.48. The molecule has 0 N–H and O–H groups in total. The first-order valence-electron chi connectivity index (χ1n) is 9.74. The van der Waals surface area contributed by atoms with Gasteiger partial charge < -0.3 is 14.1 Å². The van der Waals surface area contributed by atoms with Gasteiger partial charge in [0.05, 0.1) is 17.9 Å². The van der Waals surface area contributed by atoms with Crippen molar-refractivity contribution in [2.45, 2.75) is 32.4 Å². The van der Waals surface area contributed by atoms with Gasteiger partial charge in [0.25, 0.3) is 5.91 Å². The number of furan rings is 1. The third-order valence-corrected chi connectivity index (χ3v) is 5.40. The van der Waals surface area contributed by atoms with E-state index in [2.05, 4.69) is 21.6 Å². The van der Waals surface area contributed by atoms with Crippen LogP contribution in [0, 0.1) is 6.92 Å². The topological polar surface area (TPSA) is 85.8 Å². The van der Waals surface area contributed by atoms with Crippen LogP contribution in [0.25, 0.3) is 16.6 Å². The van der Waals surface area contributed by atoms with Crippen LogP contribution in [-0.2, 0) is 11.3 Å². The van der Waals surface area contributed by atoms with E-state index in [4.69, 9.17) is 9.15 Å². The van der Waals surface area contributed by atoms with Gasteiger partial charge in [-0.25, -0.2) is 0 Å². The number of aromatic nitrogens is 4. The fraction of sp³-hybridized carbons (Fsp3) is 0.333. The summed E-state index contributed by atoms with van der Waals surface area (Å²) >= 11 is 0. The number of carbonyl (C=O) groups is 1. The molecule has 0 spiro atoms. The zero-order valence-corrected chi connectivity index (χ0v) is 16.1. The highest BCUT2D eigenvalue weighted by Crippen LogP contribution is 2.24. The first-order valence-corrected chi connectivity index (χ1v) is 9.74. The van der Waals surface area contributed by atoms with E-state index >= 15 is 0 Å². The first-order chi connectivity index (χ1) is 14.2. The van der Waals surface area contributed by atoms with Gasteiger partial charge >= 0.3 is 0 Å². The van der Waals surface area contributed by atoms with Crippen molar-refractivity contribution in [1.29, 1.82) is 0 Å². The highest BCUT2D eigenvalue weighted by Gasteiger charge is 2.26. The Bertz CT molecular complexity index is 1160. The van der Waals surface area contributed by atoms with Gasteiger partial charge in [0.2, 0.25) is 0 Å². The second-order valence-corrected chi connectivity index (χ2v) is 7.39. The van der Waals surface area contributed by atoms with Gasteiger partial charge in [-0.15, -0.1) is 5.10 Å². The van der Waals surface area contributed by atoms with Crippen molar-refractivity contribution in [3.05, 3.63) is 59.5 Å². The highest BCUT2D eigenvalue weighted by molar-refractivity contribution is 5.92. The molecular formula is C21H21N5O3. The average molecular weight is 391 g/mol. The molecule has 0 saturated carbocycles. The minimum absolute atomic E-state index is 0.0311. The number of rotatable bonds is 5. The van der Waals surface area contributed by atoms with Crippen molar-refractivity contribution in [1.82, 2.24) is 24.9 Å². The zero-order chi connectivity index (χ0) is 19.8. The number of aryl methyl sites for hydroxylation is 1. The van der Waals surface area contributed by atoms with Crippen LogP contribution < -0.4 is 0 Å². The normalized spacial score (nSPS) is 16.7. The zero-order valence-electron chi connectivity index (χ0n) is 16.1. The Morgan fingerprint density at radius 1 is 1.31 bits per heavy atom. The van der Waals surface area contributed by atoms with Crippen molar-refractivity contribution in [3.8, 4) is 0 Å². The van der Waals surface area contributed by atoms with Gasteiger partial charge in [0.1, 0.15) is 0 Å². The minimum Gasteiger partial charge on any atom is -0.459 e. The summed E-state index contributed by atoms with van der Waals surface area (Å²) < 4.78 is 12.9. The van der Waals surface area contributed by atoms with Gasteiger partial charge in [-0.1, -0.05) is 18.2 Å². The number of para-hydroxylation sites is 1. The maximum atomic E-state index is 13.1. The molecule has 148 valence electrons. The predicted molar refractivity (Wildman–Crippen MR) is 105 cm³/mol. The van der Waals surface area contributed by atoms with E-state index in [1.54, 1.807) is 21.5 Å². The van der Waals surface area contributed by atoms with Gasteiger partial charge in [-0.3, -0.25) is 4.79 Å². The highest BCUT2D eigenvalue weighted by atomic mass is 16.5. The van der Waals surface area contributed by atoms with Crippen molar-refractivity contribution < 1.29 is 13.9 Å². The molecule has 1 fully saturated rings. The smallest absolute Gasteiger partial charge is 0.289 e. The molecule has 8 nitrogen and oxygen atoms in total. The Balaban J connectivity index is 1.56. The quantitative estimate of drug-likeness (QED) is 0.520. The van der Waals surface area contributed by atoms with Crippen molar-refractivity contribution >= 4 is 22.5 Å². The Morgan fingerprint density at radius 3 is 3.03 bits per heavy atom. The molecule has 4 heterocycles. The molecule has 5 rings (SSSR count). The van der Waals surface area contributed by atoms with Gasteiger partial charge in [0.15, 0.2) is 11.4 Å². The maximum Gasteiger partial charge on any atom is 0.289 e. The van der Waals surface area contributed by atoms with E-state index in [-0.39, 0.29) is 12.0 Å². The van der Waals surface area contributed by atoms with E-state index in [9.17, 15) is 4.79 Å². The van der Waals surface area contributed by atoms with Crippen LogP contribution in [0.1, 0.15) is 34.5 Å².